The third-order valence-corrected chi connectivity index (χ3v) is 10.4. The van der Waals surface area contributed by atoms with Crippen LogP contribution in [0.2, 0.25) is 0 Å². The fourth-order valence-corrected chi connectivity index (χ4v) is 8.03. The van der Waals surface area contributed by atoms with Gasteiger partial charge in [0.1, 0.15) is 23.7 Å². The van der Waals surface area contributed by atoms with Gasteiger partial charge in [0.05, 0.1) is 31.2 Å². The van der Waals surface area contributed by atoms with Gasteiger partial charge in [-0.3, -0.25) is 19.2 Å². The summed E-state index contributed by atoms with van der Waals surface area (Å²) in [5, 5.41) is 13.5. The Hall–Kier alpha value is -3.50. The first-order valence-corrected chi connectivity index (χ1v) is 16.5. The largest absolute Gasteiger partial charge is 0.455 e. The zero-order valence-electron chi connectivity index (χ0n) is 26.2. The Morgan fingerprint density at radius 1 is 1.02 bits per heavy atom. The van der Waals surface area contributed by atoms with Crippen molar-refractivity contribution in [2.75, 3.05) is 19.7 Å². The van der Waals surface area contributed by atoms with E-state index in [4.69, 9.17) is 9.47 Å². The Kier molecular flexibility index (Phi) is 9.15. The molecule has 3 amide bonds. The molecule has 1 aromatic carbocycles. The number of nitrogens with one attached hydrogen (secondary N) is 1. The first-order chi connectivity index (χ1) is 21.8. The van der Waals surface area contributed by atoms with Crippen LogP contribution in [0.25, 0.3) is 0 Å². The number of aliphatic hydroxyl groups is 1. The van der Waals surface area contributed by atoms with Gasteiger partial charge in [-0.1, -0.05) is 87.7 Å². The molecule has 2 N–H and O–H groups in total. The predicted molar refractivity (Wildman–Crippen MR) is 165 cm³/mol. The Morgan fingerprint density at radius 2 is 1.78 bits per heavy atom. The number of carbonyl (C=O) groups is 4. The van der Waals surface area contributed by atoms with E-state index < -0.39 is 47.7 Å². The zero-order chi connectivity index (χ0) is 31.7. The average Bonchev–Trinajstić information content (AvgIpc) is 3.69. The minimum Gasteiger partial charge on any atom is -0.455 e. The summed E-state index contributed by atoms with van der Waals surface area (Å²) in [6.07, 6.45) is 11.5. The molecule has 242 valence electrons. The molecule has 1 spiro atoms. The normalized spacial score (nSPS) is 34.2. The molecule has 3 fully saturated rings. The number of allylic oxidation sites excluding steroid dienone is 1. The van der Waals surface area contributed by atoms with Gasteiger partial charge >= 0.3 is 5.97 Å². The van der Waals surface area contributed by atoms with E-state index in [0.29, 0.717) is 18.5 Å². The lowest BCUT2D eigenvalue weighted by Crippen LogP contribution is -2.61. The number of aliphatic hydroxyl groups excluding tert-OH is 1. The van der Waals surface area contributed by atoms with Crippen molar-refractivity contribution in [3.05, 3.63) is 60.2 Å². The molecule has 2 saturated heterocycles. The lowest BCUT2D eigenvalue weighted by Gasteiger charge is -2.42. The van der Waals surface area contributed by atoms with Gasteiger partial charge in [0, 0.05) is 19.0 Å². The quantitative estimate of drug-likeness (QED) is 0.383. The van der Waals surface area contributed by atoms with Gasteiger partial charge in [-0.2, -0.15) is 0 Å². The van der Waals surface area contributed by atoms with Gasteiger partial charge in [0.2, 0.25) is 17.7 Å². The van der Waals surface area contributed by atoms with Gasteiger partial charge in [0.25, 0.3) is 0 Å². The summed E-state index contributed by atoms with van der Waals surface area (Å²) in [6.45, 7) is 3.93. The topological polar surface area (TPSA) is 125 Å². The SMILES string of the molecule is CC(C)[C@H](CO)N1C(=O)[C@H]2[C@@H]3C(=O)O[C@H](c4ccccc4)CNC(=O)CC/C=C\CN(C4CCCCC4)C(=O)[C@H]1[C@@]21C=C[C@@H]3O1. The molecular weight excluding hydrogens is 574 g/mol. The molecule has 10 nitrogen and oxygen atoms in total. The highest BCUT2D eigenvalue weighted by Gasteiger charge is 2.74. The van der Waals surface area contributed by atoms with Crippen LogP contribution in [0.1, 0.15) is 70.5 Å². The molecule has 0 aromatic heterocycles. The summed E-state index contributed by atoms with van der Waals surface area (Å²) in [5.74, 6) is -3.49. The first-order valence-electron chi connectivity index (χ1n) is 16.5. The van der Waals surface area contributed by atoms with Crippen LogP contribution in [-0.2, 0) is 28.7 Å². The molecule has 0 unspecified atom stereocenters. The van der Waals surface area contributed by atoms with E-state index in [-0.39, 0.29) is 49.3 Å². The Bertz CT molecular complexity index is 1340. The summed E-state index contributed by atoms with van der Waals surface area (Å²) < 4.78 is 12.7. The van der Waals surface area contributed by atoms with Crippen molar-refractivity contribution < 1.29 is 33.8 Å². The molecule has 6 rings (SSSR count). The maximum absolute atomic E-state index is 14.9. The minimum atomic E-state index is -1.36. The van der Waals surface area contributed by atoms with Gasteiger partial charge in [0.15, 0.2) is 0 Å². The standard InChI is InChI=1S/C35H45N3O7/c1-22(2)25(21-39)38-31-33(42)37(24-14-8-4-9-15-24)19-11-5-10-16-28(40)36-20-27(23-12-6-3-7-13-23)44-34(43)29-26-17-18-35(31,45-26)30(29)32(38)41/h3,5-7,11-13,17-18,22,24-27,29-31,39H,4,8-10,14-16,19-21H2,1-2H3,(H,36,40)/b11-5-/t25-,26-,27-,29+,30+,31-,35+/m0/s1. The van der Waals surface area contributed by atoms with E-state index >= 15 is 0 Å². The second-order valence-electron chi connectivity index (χ2n) is 13.4. The third-order valence-electron chi connectivity index (χ3n) is 10.4. The number of rotatable bonds is 5. The van der Waals surface area contributed by atoms with Crippen molar-refractivity contribution in [2.24, 2.45) is 17.8 Å². The molecule has 1 aromatic rings. The molecule has 5 bridgehead atoms. The number of ether oxygens (including phenoxy) is 2. The molecule has 5 aliphatic rings. The molecule has 45 heavy (non-hydrogen) atoms. The van der Waals surface area contributed by atoms with E-state index in [0.717, 1.165) is 32.1 Å². The van der Waals surface area contributed by atoms with E-state index in [2.05, 4.69) is 5.32 Å². The van der Waals surface area contributed by atoms with E-state index in [1.807, 2.05) is 61.2 Å². The summed E-state index contributed by atoms with van der Waals surface area (Å²) >= 11 is 0. The zero-order valence-corrected chi connectivity index (χ0v) is 26.2. The summed E-state index contributed by atoms with van der Waals surface area (Å²) in [5.41, 5.74) is -0.639. The van der Waals surface area contributed by atoms with Gasteiger partial charge in [-0.05, 0) is 30.7 Å². The maximum Gasteiger partial charge on any atom is 0.313 e. The van der Waals surface area contributed by atoms with Crippen molar-refractivity contribution in [1.29, 1.82) is 0 Å². The van der Waals surface area contributed by atoms with Gasteiger partial charge in [-0.25, -0.2) is 0 Å². The van der Waals surface area contributed by atoms with Gasteiger partial charge < -0.3 is 29.7 Å². The van der Waals surface area contributed by atoms with Crippen LogP contribution in [0.5, 0.6) is 0 Å². The molecule has 4 heterocycles. The average molecular weight is 620 g/mol. The number of hydrogen-bond acceptors (Lipinski definition) is 7. The highest BCUT2D eigenvalue weighted by molar-refractivity contribution is 5.99. The highest BCUT2D eigenvalue weighted by atomic mass is 16.6. The summed E-state index contributed by atoms with van der Waals surface area (Å²) in [7, 11) is 0. The number of esters is 1. The van der Waals surface area contributed by atoms with E-state index in [1.54, 1.807) is 12.2 Å². The number of nitrogens with zero attached hydrogens (tertiary/aromatic N) is 2. The van der Waals surface area contributed by atoms with Crippen LogP contribution in [0, 0.1) is 17.8 Å². The Labute approximate surface area is 264 Å². The summed E-state index contributed by atoms with van der Waals surface area (Å²) in [4.78, 5) is 59.7. The fraction of sp³-hybridized carbons (Fsp3) is 0.600. The molecule has 1 aliphatic carbocycles. The van der Waals surface area contributed by atoms with Crippen molar-refractivity contribution in [1.82, 2.24) is 15.1 Å². The Morgan fingerprint density at radius 3 is 2.49 bits per heavy atom. The lowest BCUT2D eigenvalue weighted by molar-refractivity contribution is -0.161. The van der Waals surface area contributed by atoms with Crippen molar-refractivity contribution in [3.63, 3.8) is 0 Å². The second kappa shape index (κ2) is 13.1. The number of cyclic esters (lactones) is 1. The van der Waals surface area contributed by atoms with Crippen molar-refractivity contribution in [3.8, 4) is 0 Å². The number of carbonyl (C=O) groups excluding carboxylic acids is 4. The molecule has 7 atom stereocenters. The molecule has 1 saturated carbocycles. The van der Waals surface area contributed by atoms with Crippen molar-refractivity contribution >= 4 is 23.7 Å². The fourth-order valence-electron chi connectivity index (χ4n) is 8.03. The molecule has 4 aliphatic heterocycles. The number of amides is 3. The second-order valence-corrected chi connectivity index (χ2v) is 13.4. The summed E-state index contributed by atoms with van der Waals surface area (Å²) in [6, 6.07) is 7.52. The minimum absolute atomic E-state index is 0.00436. The maximum atomic E-state index is 14.9. The van der Waals surface area contributed by atoms with Crippen LogP contribution in [0.3, 0.4) is 0 Å². The van der Waals surface area contributed by atoms with E-state index in [1.165, 1.54) is 4.90 Å². The molecule has 0 radical (unpaired) electrons. The third kappa shape index (κ3) is 5.71. The number of benzene rings is 1. The first kappa shape index (κ1) is 31.5. The highest BCUT2D eigenvalue weighted by Crippen LogP contribution is 2.56. The van der Waals surface area contributed by atoms with Gasteiger partial charge in [-0.15, -0.1) is 0 Å². The smallest absolute Gasteiger partial charge is 0.313 e. The van der Waals surface area contributed by atoms with Crippen LogP contribution < -0.4 is 5.32 Å². The Balaban J connectivity index is 1.43. The van der Waals surface area contributed by atoms with E-state index in [9.17, 15) is 24.3 Å². The lowest BCUT2D eigenvalue weighted by atomic mass is 9.74. The number of likely N-dealkylation sites (tertiary alicyclic amines) is 1. The molecular formula is C35H45N3O7. The predicted octanol–water partition coefficient (Wildman–Crippen LogP) is 3.07. The number of fused-ring (bicyclic) bond motifs is 2. The van der Waals surface area contributed by atoms with Crippen LogP contribution in [-0.4, -0.2) is 88.1 Å². The van der Waals surface area contributed by atoms with Crippen LogP contribution in [0.15, 0.2) is 54.6 Å². The van der Waals surface area contributed by atoms with Crippen molar-refractivity contribution in [2.45, 2.75) is 94.7 Å². The van der Waals surface area contributed by atoms with Crippen LogP contribution >= 0.6 is 0 Å². The molecule has 10 heteroatoms. The van der Waals surface area contributed by atoms with Crippen LogP contribution in [0.4, 0.5) is 0 Å². The number of hydrogen-bond donors (Lipinski definition) is 2. The monoisotopic (exact) mass is 619 g/mol.